The second-order valence-corrected chi connectivity index (χ2v) is 5.32. The molecule has 0 aliphatic heterocycles. The molecule has 0 heteroatoms. The van der Waals surface area contributed by atoms with E-state index in [1.807, 2.05) is 0 Å². The zero-order valence-corrected chi connectivity index (χ0v) is 9.91. The maximum Gasteiger partial charge on any atom is -0.00871 e. The van der Waals surface area contributed by atoms with Crippen LogP contribution in [0, 0.1) is 5.92 Å². The first-order chi connectivity index (χ1) is 7.88. The quantitative estimate of drug-likeness (QED) is 0.581. The SMILES string of the molecule is C=C1c2ccccc2[C@H]2CCCCCC[C@@H]12. The van der Waals surface area contributed by atoms with Crippen molar-refractivity contribution in [2.24, 2.45) is 5.92 Å². The van der Waals surface area contributed by atoms with E-state index >= 15 is 0 Å². The lowest BCUT2D eigenvalue weighted by molar-refractivity contribution is 0.405. The van der Waals surface area contributed by atoms with Gasteiger partial charge in [0.2, 0.25) is 0 Å². The molecule has 2 aliphatic carbocycles. The second-order valence-electron chi connectivity index (χ2n) is 5.32. The smallest absolute Gasteiger partial charge is 0.00871 e. The third kappa shape index (κ3) is 1.52. The molecule has 0 saturated heterocycles. The van der Waals surface area contributed by atoms with Gasteiger partial charge in [0.25, 0.3) is 0 Å². The topological polar surface area (TPSA) is 0 Å². The predicted octanol–water partition coefficient (Wildman–Crippen LogP) is 4.77. The van der Waals surface area contributed by atoms with Gasteiger partial charge in [0.05, 0.1) is 0 Å². The van der Waals surface area contributed by atoms with Gasteiger partial charge in [-0.05, 0) is 41.4 Å². The molecule has 0 radical (unpaired) electrons. The number of fused-ring (bicyclic) bond motifs is 3. The Labute approximate surface area is 98.4 Å². The molecule has 1 aromatic carbocycles. The van der Waals surface area contributed by atoms with Crippen LogP contribution in [-0.4, -0.2) is 0 Å². The summed E-state index contributed by atoms with van der Waals surface area (Å²) in [5.41, 5.74) is 4.46. The number of hydrogen-bond acceptors (Lipinski definition) is 0. The molecule has 16 heavy (non-hydrogen) atoms. The average Bonchev–Trinajstić information content (AvgIpc) is 2.52. The van der Waals surface area contributed by atoms with E-state index < -0.39 is 0 Å². The van der Waals surface area contributed by atoms with Crippen molar-refractivity contribution < 1.29 is 0 Å². The third-order valence-electron chi connectivity index (χ3n) is 4.42. The first-order valence-corrected chi connectivity index (χ1v) is 6.66. The third-order valence-corrected chi connectivity index (χ3v) is 4.42. The van der Waals surface area contributed by atoms with Crippen LogP contribution < -0.4 is 0 Å². The summed E-state index contributed by atoms with van der Waals surface area (Å²) in [6.45, 7) is 4.35. The van der Waals surface area contributed by atoms with Gasteiger partial charge in [-0.2, -0.15) is 0 Å². The summed E-state index contributed by atoms with van der Waals surface area (Å²) >= 11 is 0. The van der Waals surface area contributed by atoms with Crippen molar-refractivity contribution in [2.75, 3.05) is 0 Å². The molecule has 1 saturated carbocycles. The van der Waals surface area contributed by atoms with Crippen molar-refractivity contribution in [3.05, 3.63) is 42.0 Å². The molecule has 2 aliphatic rings. The molecule has 1 aromatic rings. The molecule has 0 N–H and O–H groups in total. The average molecular weight is 212 g/mol. The Morgan fingerprint density at radius 3 is 2.38 bits per heavy atom. The fourth-order valence-electron chi connectivity index (χ4n) is 3.59. The van der Waals surface area contributed by atoms with Crippen LogP contribution >= 0.6 is 0 Å². The summed E-state index contributed by atoms with van der Waals surface area (Å²) in [6.07, 6.45) is 8.39. The molecular formula is C16H20. The standard InChI is InChI=1S/C16H20/c1-12-13-8-4-2-3-5-10-15(13)16-11-7-6-9-14(12)16/h6-7,9,11,13,15H,1-5,8,10H2/t13-,15-/m0/s1. The van der Waals surface area contributed by atoms with Crippen molar-refractivity contribution in [1.82, 2.24) is 0 Å². The number of allylic oxidation sites excluding steroid dienone is 1. The fourth-order valence-corrected chi connectivity index (χ4v) is 3.59. The van der Waals surface area contributed by atoms with E-state index in [0.717, 1.165) is 11.8 Å². The summed E-state index contributed by atoms with van der Waals surface area (Å²) in [6, 6.07) is 8.94. The Kier molecular flexibility index (Phi) is 2.59. The maximum atomic E-state index is 4.35. The fraction of sp³-hybridized carbons (Fsp3) is 0.500. The maximum absolute atomic E-state index is 4.35. The lowest BCUT2D eigenvalue weighted by Gasteiger charge is -2.23. The molecule has 0 bridgehead atoms. The zero-order valence-electron chi connectivity index (χ0n) is 9.91. The summed E-state index contributed by atoms with van der Waals surface area (Å²) in [4.78, 5) is 0. The molecule has 0 nitrogen and oxygen atoms in total. The Bertz CT molecular complexity index is 402. The molecule has 0 unspecified atom stereocenters. The van der Waals surface area contributed by atoms with Gasteiger partial charge >= 0.3 is 0 Å². The highest BCUT2D eigenvalue weighted by Crippen LogP contribution is 2.50. The van der Waals surface area contributed by atoms with Crippen molar-refractivity contribution in [3.63, 3.8) is 0 Å². The summed E-state index contributed by atoms with van der Waals surface area (Å²) < 4.78 is 0. The van der Waals surface area contributed by atoms with Crippen LogP contribution in [0.3, 0.4) is 0 Å². The molecule has 2 atom stereocenters. The molecule has 3 rings (SSSR count). The van der Waals surface area contributed by atoms with E-state index in [4.69, 9.17) is 0 Å². The highest BCUT2D eigenvalue weighted by atomic mass is 14.4. The zero-order chi connectivity index (χ0) is 11.0. The van der Waals surface area contributed by atoms with Crippen LogP contribution in [-0.2, 0) is 0 Å². The first kappa shape index (κ1) is 10.1. The van der Waals surface area contributed by atoms with Gasteiger partial charge in [-0.25, -0.2) is 0 Å². The van der Waals surface area contributed by atoms with Crippen molar-refractivity contribution in [3.8, 4) is 0 Å². The van der Waals surface area contributed by atoms with Gasteiger partial charge in [0.1, 0.15) is 0 Å². The Hall–Kier alpha value is -1.04. The van der Waals surface area contributed by atoms with Crippen LogP contribution in [0.15, 0.2) is 30.8 Å². The predicted molar refractivity (Wildman–Crippen MR) is 69.4 cm³/mol. The minimum Gasteiger partial charge on any atom is -0.0949 e. The Balaban J connectivity index is 1.99. The first-order valence-electron chi connectivity index (χ1n) is 6.66. The molecule has 84 valence electrons. The molecule has 0 amide bonds. The van der Waals surface area contributed by atoms with Gasteiger partial charge < -0.3 is 0 Å². The van der Waals surface area contributed by atoms with Gasteiger partial charge in [-0.3, -0.25) is 0 Å². The number of benzene rings is 1. The van der Waals surface area contributed by atoms with Gasteiger partial charge in [0.15, 0.2) is 0 Å². The van der Waals surface area contributed by atoms with Crippen LogP contribution in [0.25, 0.3) is 5.57 Å². The Morgan fingerprint density at radius 2 is 1.56 bits per heavy atom. The molecule has 0 heterocycles. The van der Waals surface area contributed by atoms with Crippen LogP contribution in [0.2, 0.25) is 0 Å². The normalized spacial score (nSPS) is 29.1. The van der Waals surface area contributed by atoms with Gasteiger partial charge in [0, 0.05) is 0 Å². The van der Waals surface area contributed by atoms with E-state index in [1.54, 1.807) is 5.56 Å². The highest BCUT2D eigenvalue weighted by Gasteiger charge is 2.34. The van der Waals surface area contributed by atoms with Crippen LogP contribution in [0.4, 0.5) is 0 Å². The van der Waals surface area contributed by atoms with Crippen LogP contribution in [0.5, 0.6) is 0 Å². The van der Waals surface area contributed by atoms with E-state index in [9.17, 15) is 0 Å². The highest BCUT2D eigenvalue weighted by molar-refractivity contribution is 5.74. The van der Waals surface area contributed by atoms with Gasteiger partial charge in [-0.1, -0.05) is 56.5 Å². The molecule has 1 fully saturated rings. The van der Waals surface area contributed by atoms with Crippen LogP contribution in [0.1, 0.15) is 55.6 Å². The van der Waals surface area contributed by atoms with E-state index in [2.05, 4.69) is 30.8 Å². The largest absolute Gasteiger partial charge is 0.0949 e. The minimum absolute atomic E-state index is 0.748. The Morgan fingerprint density at radius 1 is 0.875 bits per heavy atom. The van der Waals surface area contributed by atoms with Crippen molar-refractivity contribution in [2.45, 2.75) is 44.4 Å². The van der Waals surface area contributed by atoms with E-state index in [1.165, 1.54) is 49.7 Å². The summed E-state index contributed by atoms with van der Waals surface area (Å²) in [7, 11) is 0. The number of rotatable bonds is 0. The van der Waals surface area contributed by atoms with Crippen molar-refractivity contribution in [1.29, 1.82) is 0 Å². The second kappa shape index (κ2) is 4.08. The minimum atomic E-state index is 0.748. The molecular weight excluding hydrogens is 192 g/mol. The summed E-state index contributed by atoms with van der Waals surface area (Å²) in [5.74, 6) is 1.53. The van der Waals surface area contributed by atoms with E-state index in [0.29, 0.717) is 0 Å². The lowest BCUT2D eigenvalue weighted by Crippen LogP contribution is -2.09. The van der Waals surface area contributed by atoms with Crippen molar-refractivity contribution >= 4 is 5.57 Å². The molecule has 0 spiro atoms. The van der Waals surface area contributed by atoms with E-state index in [-0.39, 0.29) is 0 Å². The molecule has 0 aromatic heterocycles. The summed E-state index contributed by atoms with van der Waals surface area (Å²) in [5, 5.41) is 0. The number of hydrogen-bond donors (Lipinski definition) is 0. The lowest BCUT2D eigenvalue weighted by atomic mass is 9.81. The van der Waals surface area contributed by atoms with Gasteiger partial charge in [-0.15, -0.1) is 0 Å². The monoisotopic (exact) mass is 212 g/mol.